The van der Waals surface area contributed by atoms with Gasteiger partial charge < -0.3 is 4.90 Å². The van der Waals surface area contributed by atoms with E-state index >= 15 is 0 Å². The molecule has 0 fully saturated rings. The van der Waals surface area contributed by atoms with Crippen molar-refractivity contribution in [2.75, 3.05) is 17.7 Å². The van der Waals surface area contributed by atoms with E-state index in [0.29, 0.717) is 17.4 Å². The molecule has 1 aliphatic heterocycles. The molecule has 2 aromatic carbocycles. The maximum atomic E-state index is 12.9. The highest BCUT2D eigenvalue weighted by Crippen LogP contribution is 2.30. The van der Waals surface area contributed by atoms with Gasteiger partial charge >= 0.3 is 0 Å². The minimum atomic E-state index is -3.29. The number of fused-ring (bicyclic) bond motifs is 2. The number of hydrogen-bond donors (Lipinski definition) is 0. The SMILES string of the molecule is Cc1cccc2c(=O)n(CCC(=O)N3CCCc4cc(S(C)(=O)=O)ccc43)cnc12. The van der Waals surface area contributed by atoms with Gasteiger partial charge in [-0.15, -0.1) is 0 Å². The first kappa shape index (κ1) is 20.3. The van der Waals surface area contributed by atoms with Crippen LogP contribution >= 0.6 is 0 Å². The van der Waals surface area contributed by atoms with E-state index in [9.17, 15) is 18.0 Å². The fourth-order valence-electron chi connectivity index (χ4n) is 3.91. The van der Waals surface area contributed by atoms with E-state index in [1.165, 1.54) is 17.2 Å². The Morgan fingerprint density at radius 2 is 2.00 bits per heavy atom. The number of aryl methyl sites for hydroxylation is 3. The van der Waals surface area contributed by atoms with Crippen LogP contribution in [-0.2, 0) is 27.6 Å². The predicted octanol–water partition coefficient (Wildman–Crippen LogP) is 2.48. The molecule has 1 aromatic heterocycles. The minimum Gasteiger partial charge on any atom is -0.312 e. The van der Waals surface area contributed by atoms with E-state index in [1.807, 2.05) is 19.1 Å². The van der Waals surface area contributed by atoms with Gasteiger partial charge in [-0.05, 0) is 55.2 Å². The number of carbonyl (C=O) groups is 1. The number of benzene rings is 2. The number of anilines is 1. The van der Waals surface area contributed by atoms with Crippen LogP contribution in [0.4, 0.5) is 5.69 Å². The Balaban J connectivity index is 1.55. The first-order valence-electron chi connectivity index (χ1n) is 9.84. The maximum Gasteiger partial charge on any atom is 0.261 e. The summed E-state index contributed by atoms with van der Waals surface area (Å²) in [6.07, 6.45) is 4.33. The highest BCUT2D eigenvalue weighted by Gasteiger charge is 2.24. The molecule has 7 nitrogen and oxygen atoms in total. The van der Waals surface area contributed by atoms with Crippen LogP contribution in [0, 0.1) is 6.92 Å². The van der Waals surface area contributed by atoms with Gasteiger partial charge in [-0.2, -0.15) is 0 Å². The minimum absolute atomic E-state index is 0.0979. The average Bonchev–Trinajstić information content (AvgIpc) is 2.72. The van der Waals surface area contributed by atoms with Gasteiger partial charge in [-0.3, -0.25) is 14.2 Å². The van der Waals surface area contributed by atoms with E-state index in [4.69, 9.17) is 0 Å². The fourth-order valence-corrected chi connectivity index (χ4v) is 4.58. The summed E-state index contributed by atoms with van der Waals surface area (Å²) in [5, 5.41) is 0.543. The number of para-hydroxylation sites is 1. The topological polar surface area (TPSA) is 89.3 Å². The Labute approximate surface area is 174 Å². The zero-order valence-corrected chi connectivity index (χ0v) is 17.8. The fraction of sp³-hybridized carbons (Fsp3) is 0.318. The Kier molecular flexibility index (Phi) is 5.19. The highest BCUT2D eigenvalue weighted by molar-refractivity contribution is 7.90. The lowest BCUT2D eigenvalue weighted by atomic mass is 10.0. The molecule has 0 saturated heterocycles. The molecule has 0 spiro atoms. The third kappa shape index (κ3) is 3.75. The zero-order chi connectivity index (χ0) is 21.5. The molecular weight excluding hydrogens is 402 g/mol. The molecule has 1 aliphatic rings. The van der Waals surface area contributed by atoms with Crippen LogP contribution in [0.15, 0.2) is 52.4 Å². The molecule has 8 heteroatoms. The molecule has 0 N–H and O–H groups in total. The number of carbonyl (C=O) groups excluding carboxylic acids is 1. The molecule has 2 heterocycles. The Hall–Kier alpha value is -3.00. The van der Waals surface area contributed by atoms with Crippen molar-refractivity contribution < 1.29 is 13.2 Å². The largest absolute Gasteiger partial charge is 0.312 e. The lowest BCUT2D eigenvalue weighted by Crippen LogP contribution is -2.36. The van der Waals surface area contributed by atoms with Crippen molar-refractivity contribution in [2.45, 2.75) is 37.6 Å². The number of sulfone groups is 1. The summed E-state index contributed by atoms with van der Waals surface area (Å²) < 4.78 is 25.1. The van der Waals surface area contributed by atoms with Gasteiger partial charge in [0.2, 0.25) is 5.91 Å². The van der Waals surface area contributed by atoms with E-state index < -0.39 is 9.84 Å². The smallest absolute Gasteiger partial charge is 0.261 e. The van der Waals surface area contributed by atoms with Crippen LogP contribution < -0.4 is 10.5 Å². The van der Waals surface area contributed by atoms with E-state index in [-0.39, 0.29) is 29.3 Å². The first-order valence-corrected chi connectivity index (χ1v) is 11.7. The van der Waals surface area contributed by atoms with Crippen molar-refractivity contribution in [3.63, 3.8) is 0 Å². The molecule has 156 valence electrons. The second-order valence-corrected chi connectivity index (χ2v) is 9.69. The van der Waals surface area contributed by atoms with Gasteiger partial charge in [0, 0.05) is 31.5 Å². The normalized spacial score (nSPS) is 14.0. The second-order valence-electron chi connectivity index (χ2n) is 7.68. The van der Waals surface area contributed by atoms with Crippen molar-refractivity contribution >= 4 is 32.3 Å². The van der Waals surface area contributed by atoms with Crippen LogP contribution in [0.1, 0.15) is 24.0 Å². The van der Waals surface area contributed by atoms with Crippen LogP contribution in [0.25, 0.3) is 10.9 Å². The van der Waals surface area contributed by atoms with E-state index in [2.05, 4.69) is 4.98 Å². The van der Waals surface area contributed by atoms with Crippen molar-refractivity contribution in [3.8, 4) is 0 Å². The molecule has 1 amide bonds. The van der Waals surface area contributed by atoms with Crippen LogP contribution in [0.2, 0.25) is 0 Å². The monoisotopic (exact) mass is 425 g/mol. The molecule has 30 heavy (non-hydrogen) atoms. The van der Waals surface area contributed by atoms with Crippen molar-refractivity contribution in [1.29, 1.82) is 0 Å². The summed E-state index contributed by atoms with van der Waals surface area (Å²) in [6, 6.07) is 10.4. The Bertz CT molecular complexity index is 1310. The average molecular weight is 426 g/mol. The molecule has 0 radical (unpaired) electrons. The van der Waals surface area contributed by atoms with Crippen LogP contribution in [0.5, 0.6) is 0 Å². The van der Waals surface area contributed by atoms with Crippen molar-refractivity contribution in [1.82, 2.24) is 9.55 Å². The molecule has 3 aromatic rings. The Morgan fingerprint density at radius 3 is 2.77 bits per heavy atom. The first-order chi connectivity index (χ1) is 14.3. The van der Waals surface area contributed by atoms with Gasteiger partial charge in [0.15, 0.2) is 9.84 Å². The van der Waals surface area contributed by atoms with Gasteiger partial charge in [0.25, 0.3) is 5.56 Å². The molecule has 0 saturated carbocycles. The number of nitrogens with zero attached hydrogens (tertiary/aromatic N) is 3. The Morgan fingerprint density at radius 1 is 1.20 bits per heavy atom. The second kappa shape index (κ2) is 7.68. The van der Waals surface area contributed by atoms with Gasteiger partial charge in [0.05, 0.1) is 22.1 Å². The van der Waals surface area contributed by atoms with Crippen LogP contribution in [-0.4, -0.2) is 36.7 Å². The van der Waals surface area contributed by atoms with Gasteiger partial charge in [-0.25, -0.2) is 13.4 Å². The van der Waals surface area contributed by atoms with Crippen molar-refractivity contribution in [2.24, 2.45) is 0 Å². The summed E-state index contributed by atoms with van der Waals surface area (Å²) >= 11 is 0. The third-order valence-electron chi connectivity index (χ3n) is 5.52. The van der Waals surface area contributed by atoms with Crippen LogP contribution in [0.3, 0.4) is 0 Å². The molecule has 0 atom stereocenters. The molecule has 0 unspecified atom stereocenters. The summed E-state index contributed by atoms with van der Waals surface area (Å²) in [5.41, 5.74) is 3.06. The standard InChI is InChI=1S/C22H23N3O4S/c1-15-5-3-7-18-21(15)23-14-24(22(18)27)12-10-20(26)25-11-4-6-16-13-17(30(2,28)29)8-9-19(16)25/h3,5,7-9,13-14H,4,6,10-12H2,1-2H3. The summed E-state index contributed by atoms with van der Waals surface area (Å²) in [6.45, 7) is 2.72. The number of amides is 1. The highest BCUT2D eigenvalue weighted by atomic mass is 32.2. The summed E-state index contributed by atoms with van der Waals surface area (Å²) in [4.78, 5) is 32.0. The summed E-state index contributed by atoms with van der Waals surface area (Å²) in [7, 11) is -3.29. The number of aromatic nitrogens is 2. The zero-order valence-electron chi connectivity index (χ0n) is 17.0. The van der Waals surface area contributed by atoms with Gasteiger partial charge in [0.1, 0.15) is 0 Å². The van der Waals surface area contributed by atoms with Crippen molar-refractivity contribution in [3.05, 3.63) is 64.2 Å². The molecule has 0 bridgehead atoms. The van der Waals surface area contributed by atoms with E-state index in [0.717, 1.165) is 29.7 Å². The lowest BCUT2D eigenvalue weighted by molar-refractivity contribution is -0.118. The number of hydrogen-bond acceptors (Lipinski definition) is 5. The van der Waals surface area contributed by atoms with Gasteiger partial charge in [-0.1, -0.05) is 12.1 Å². The predicted molar refractivity (Wildman–Crippen MR) is 116 cm³/mol. The van der Waals surface area contributed by atoms with E-state index in [1.54, 1.807) is 29.2 Å². The molecule has 0 aliphatic carbocycles. The third-order valence-corrected chi connectivity index (χ3v) is 6.63. The maximum absolute atomic E-state index is 12.9. The number of rotatable bonds is 4. The molecular formula is C22H23N3O4S. The quantitative estimate of drug-likeness (QED) is 0.641. The lowest BCUT2D eigenvalue weighted by Gasteiger charge is -2.30. The summed E-state index contributed by atoms with van der Waals surface area (Å²) in [5.74, 6) is -0.0979. The molecule has 4 rings (SSSR count).